The fourth-order valence-electron chi connectivity index (χ4n) is 1.36. The molecule has 2 aromatic rings. The Morgan fingerprint density at radius 2 is 2.29 bits per heavy atom. The highest BCUT2D eigenvalue weighted by atomic mass is 16.5. The van der Waals surface area contributed by atoms with Crippen molar-refractivity contribution in [3.05, 3.63) is 36.4 Å². The molecule has 2 rings (SSSR count). The van der Waals surface area contributed by atoms with Crippen LogP contribution in [0.2, 0.25) is 0 Å². The topological polar surface area (TPSA) is 97.4 Å². The Balaban J connectivity index is 2.14. The first-order valence-corrected chi connectivity index (χ1v) is 4.75. The van der Waals surface area contributed by atoms with Crippen LogP contribution >= 0.6 is 0 Å². The smallest absolute Gasteiger partial charge is 0.323 e. The molecule has 2 heterocycles. The predicted octanol–water partition coefficient (Wildman–Crippen LogP) is 0.813. The molecule has 7 nitrogen and oxygen atoms in total. The van der Waals surface area contributed by atoms with E-state index in [2.05, 4.69) is 15.0 Å². The van der Waals surface area contributed by atoms with Gasteiger partial charge in [-0.2, -0.15) is 0 Å². The first-order valence-electron chi connectivity index (χ1n) is 4.75. The standard InChI is InChI=1S/C10H9N3O4/c14-9(15)6-13-4-1-2-7(13)10(16)11-8-3-5-17-12-8/h1-5H,6H2,(H,14,15)(H,11,12,16). The average molecular weight is 235 g/mol. The van der Waals surface area contributed by atoms with Gasteiger partial charge in [-0.1, -0.05) is 5.16 Å². The minimum absolute atomic E-state index is 0.246. The molecule has 88 valence electrons. The second-order valence-electron chi connectivity index (χ2n) is 3.25. The first kappa shape index (κ1) is 10.9. The fraction of sp³-hybridized carbons (Fsp3) is 0.100. The van der Waals surface area contributed by atoms with E-state index in [1.165, 1.54) is 29.2 Å². The van der Waals surface area contributed by atoms with Crippen LogP contribution in [0.4, 0.5) is 5.82 Å². The quantitative estimate of drug-likeness (QED) is 0.817. The van der Waals surface area contributed by atoms with Crippen molar-refractivity contribution in [3.8, 4) is 0 Å². The zero-order valence-corrected chi connectivity index (χ0v) is 8.66. The van der Waals surface area contributed by atoms with Crippen molar-refractivity contribution >= 4 is 17.7 Å². The molecule has 1 amide bonds. The van der Waals surface area contributed by atoms with E-state index in [1.807, 2.05) is 0 Å². The number of carbonyl (C=O) groups excluding carboxylic acids is 1. The van der Waals surface area contributed by atoms with Gasteiger partial charge in [-0.15, -0.1) is 0 Å². The van der Waals surface area contributed by atoms with E-state index in [9.17, 15) is 9.59 Å². The number of anilines is 1. The van der Waals surface area contributed by atoms with Crippen molar-refractivity contribution in [2.45, 2.75) is 6.54 Å². The molecule has 17 heavy (non-hydrogen) atoms. The summed E-state index contributed by atoms with van der Waals surface area (Å²) in [5, 5.41) is 14.7. The Labute approximate surface area is 95.6 Å². The van der Waals surface area contributed by atoms with Gasteiger partial charge in [0.2, 0.25) is 0 Å². The van der Waals surface area contributed by atoms with Crippen molar-refractivity contribution in [1.82, 2.24) is 9.72 Å². The van der Waals surface area contributed by atoms with Crippen molar-refractivity contribution in [1.29, 1.82) is 0 Å². The van der Waals surface area contributed by atoms with E-state index >= 15 is 0 Å². The van der Waals surface area contributed by atoms with Gasteiger partial charge in [-0.05, 0) is 12.1 Å². The van der Waals surface area contributed by atoms with Crippen LogP contribution in [0.25, 0.3) is 0 Å². The molecular formula is C10H9N3O4. The molecule has 2 aromatic heterocycles. The van der Waals surface area contributed by atoms with E-state index in [-0.39, 0.29) is 18.1 Å². The normalized spacial score (nSPS) is 10.1. The summed E-state index contributed by atoms with van der Waals surface area (Å²) in [4.78, 5) is 22.3. The highest BCUT2D eigenvalue weighted by Gasteiger charge is 2.13. The molecule has 0 saturated carbocycles. The third-order valence-electron chi connectivity index (χ3n) is 2.05. The molecule has 0 aromatic carbocycles. The van der Waals surface area contributed by atoms with Crippen LogP contribution in [-0.2, 0) is 11.3 Å². The van der Waals surface area contributed by atoms with E-state index in [0.717, 1.165) is 0 Å². The van der Waals surface area contributed by atoms with E-state index in [0.29, 0.717) is 0 Å². The molecule has 0 bridgehead atoms. The third kappa shape index (κ3) is 2.51. The van der Waals surface area contributed by atoms with Crippen LogP contribution in [0, 0.1) is 0 Å². The Morgan fingerprint density at radius 3 is 2.94 bits per heavy atom. The molecule has 0 radical (unpaired) electrons. The summed E-state index contributed by atoms with van der Waals surface area (Å²) in [6.07, 6.45) is 2.84. The van der Waals surface area contributed by atoms with Crippen LogP contribution in [0.3, 0.4) is 0 Å². The number of rotatable bonds is 4. The minimum atomic E-state index is -1.02. The van der Waals surface area contributed by atoms with Gasteiger partial charge < -0.3 is 19.5 Å². The summed E-state index contributed by atoms with van der Waals surface area (Å²) in [7, 11) is 0. The highest BCUT2D eigenvalue weighted by Crippen LogP contribution is 2.07. The van der Waals surface area contributed by atoms with Crippen LogP contribution in [0.5, 0.6) is 0 Å². The van der Waals surface area contributed by atoms with Crippen LogP contribution in [0.15, 0.2) is 35.2 Å². The molecular weight excluding hydrogens is 226 g/mol. The Kier molecular flexibility index (Phi) is 2.91. The third-order valence-corrected chi connectivity index (χ3v) is 2.05. The van der Waals surface area contributed by atoms with Gasteiger partial charge in [-0.3, -0.25) is 9.59 Å². The summed E-state index contributed by atoms with van der Waals surface area (Å²) in [6.45, 7) is -0.269. The lowest BCUT2D eigenvalue weighted by atomic mass is 10.4. The monoisotopic (exact) mass is 235 g/mol. The number of nitrogens with one attached hydrogen (secondary N) is 1. The van der Waals surface area contributed by atoms with Gasteiger partial charge in [0.1, 0.15) is 18.5 Å². The lowest BCUT2D eigenvalue weighted by Crippen LogP contribution is -2.19. The minimum Gasteiger partial charge on any atom is -0.480 e. The maximum atomic E-state index is 11.8. The Morgan fingerprint density at radius 1 is 1.47 bits per heavy atom. The highest BCUT2D eigenvalue weighted by molar-refractivity contribution is 6.02. The van der Waals surface area contributed by atoms with E-state index in [1.54, 1.807) is 6.07 Å². The largest absolute Gasteiger partial charge is 0.480 e. The number of amides is 1. The van der Waals surface area contributed by atoms with Crippen molar-refractivity contribution in [3.63, 3.8) is 0 Å². The summed E-state index contributed by atoms with van der Waals surface area (Å²) in [6, 6.07) is 4.61. The number of carbonyl (C=O) groups is 2. The molecule has 0 aliphatic rings. The molecule has 0 aliphatic carbocycles. The van der Waals surface area contributed by atoms with Gasteiger partial charge in [0.15, 0.2) is 5.82 Å². The van der Waals surface area contributed by atoms with Crippen molar-refractivity contribution < 1.29 is 19.2 Å². The van der Waals surface area contributed by atoms with Gasteiger partial charge >= 0.3 is 5.97 Å². The molecule has 0 unspecified atom stereocenters. The van der Waals surface area contributed by atoms with Gasteiger partial charge in [-0.25, -0.2) is 0 Å². The number of aliphatic carboxylic acids is 1. The molecule has 2 N–H and O–H groups in total. The summed E-state index contributed by atoms with van der Waals surface area (Å²) in [5.74, 6) is -1.18. The van der Waals surface area contributed by atoms with E-state index in [4.69, 9.17) is 5.11 Å². The van der Waals surface area contributed by atoms with Crippen LogP contribution in [-0.4, -0.2) is 26.7 Å². The summed E-state index contributed by atoms with van der Waals surface area (Å²) < 4.78 is 5.89. The van der Waals surface area contributed by atoms with Crippen molar-refractivity contribution in [2.75, 3.05) is 5.32 Å². The summed E-state index contributed by atoms with van der Waals surface area (Å²) >= 11 is 0. The maximum Gasteiger partial charge on any atom is 0.323 e. The zero-order chi connectivity index (χ0) is 12.3. The number of hydrogen-bond acceptors (Lipinski definition) is 4. The molecule has 0 fully saturated rings. The second kappa shape index (κ2) is 4.52. The van der Waals surface area contributed by atoms with Crippen LogP contribution in [0.1, 0.15) is 10.5 Å². The second-order valence-corrected chi connectivity index (χ2v) is 3.25. The zero-order valence-electron chi connectivity index (χ0n) is 8.66. The van der Waals surface area contributed by atoms with Gasteiger partial charge in [0.25, 0.3) is 5.91 Å². The lowest BCUT2D eigenvalue weighted by molar-refractivity contribution is -0.137. The number of hydrogen-bond donors (Lipinski definition) is 2. The van der Waals surface area contributed by atoms with Crippen molar-refractivity contribution in [2.24, 2.45) is 0 Å². The predicted molar refractivity (Wildman–Crippen MR) is 56.5 cm³/mol. The van der Waals surface area contributed by atoms with Gasteiger partial charge in [0.05, 0.1) is 0 Å². The number of carboxylic acids is 1. The Bertz CT molecular complexity index is 530. The number of nitrogens with zero attached hydrogens (tertiary/aromatic N) is 2. The molecule has 0 atom stereocenters. The SMILES string of the molecule is O=C(O)Cn1cccc1C(=O)Nc1ccon1. The molecule has 0 spiro atoms. The lowest BCUT2D eigenvalue weighted by Gasteiger charge is -2.05. The number of carboxylic acid groups (broad SMARTS) is 1. The fourth-order valence-corrected chi connectivity index (χ4v) is 1.36. The average Bonchev–Trinajstić information content (AvgIpc) is 2.87. The Hall–Kier alpha value is -2.57. The number of aromatic nitrogens is 2. The molecule has 7 heteroatoms. The first-order chi connectivity index (χ1) is 8.16. The van der Waals surface area contributed by atoms with Crippen LogP contribution < -0.4 is 5.32 Å². The maximum absolute atomic E-state index is 11.8. The molecule has 0 saturated heterocycles. The summed E-state index contributed by atoms with van der Waals surface area (Å²) in [5.41, 5.74) is 0.246. The van der Waals surface area contributed by atoms with E-state index < -0.39 is 11.9 Å². The molecule has 0 aliphatic heterocycles. The van der Waals surface area contributed by atoms with Gasteiger partial charge in [0, 0.05) is 12.3 Å².